The Hall–Kier alpha value is -1.58. The van der Waals surface area contributed by atoms with Gasteiger partial charge in [-0.2, -0.15) is 21.6 Å². The molecule has 2 rings (SSSR count). The van der Waals surface area contributed by atoms with E-state index in [0.717, 1.165) is 12.1 Å². The number of carboxylic acid groups (broad SMARTS) is 1. The zero-order valence-electron chi connectivity index (χ0n) is 10.6. The second kappa shape index (κ2) is 5.25. The van der Waals surface area contributed by atoms with Gasteiger partial charge < -0.3 is 5.11 Å². The van der Waals surface area contributed by atoms with Crippen molar-refractivity contribution >= 4 is 32.7 Å². The van der Waals surface area contributed by atoms with Crippen LogP contribution in [0.15, 0.2) is 30.3 Å². The number of halogens is 4. The maximum Gasteiger partial charge on any atom is 0.523 e. The van der Waals surface area contributed by atoms with Gasteiger partial charge in [0.2, 0.25) is 5.60 Å². The number of aliphatic carboxylic acids is 1. The number of carbonyl (C=O) groups is 1. The summed E-state index contributed by atoms with van der Waals surface area (Å²) in [6, 6.07) is 5.33. The first-order chi connectivity index (χ1) is 10.0. The predicted octanol–water partition coefficient (Wildman–Crippen LogP) is 2.82. The van der Waals surface area contributed by atoms with Gasteiger partial charge in [0.1, 0.15) is 0 Å². The number of fused-ring (bicyclic) bond motifs is 1. The van der Waals surface area contributed by atoms with Gasteiger partial charge in [-0.1, -0.05) is 41.9 Å². The van der Waals surface area contributed by atoms with Gasteiger partial charge in [0, 0.05) is 17.0 Å². The number of benzene rings is 1. The molecule has 1 aromatic carbocycles. The van der Waals surface area contributed by atoms with E-state index in [1.54, 1.807) is 0 Å². The lowest BCUT2D eigenvalue weighted by molar-refractivity contribution is -0.157. The van der Waals surface area contributed by atoms with Gasteiger partial charge >= 0.3 is 21.6 Å². The van der Waals surface area contributed by atoms with Crippen molar-refractivity contribution in [2.24, 2.45) is 0 Å². The van der Waals surface area contributed by atoms with Gasteiger partial charge in [-0.05, 0) is 5.56 Å². The lowest BCUT2D eigenvalue weighted by atomic mass is 9.83. The Balaban J connectivity index is 2.65. The summed E-state index contributed by atoms with van der Waals surface area (Å²) in [5, 5.41) is 9.42. The first-order valence-corrected chi connectivity index (χ1v) is 7.51. The van der Waals surface area contributed by atoms with E-state index in [9.17, 15) is 31.5 Å². The molecule has 0 radical (unpaired) electrons. The zero-order chi connectivity index (χ0) is 16.8. The molecule has 0 aromatic heterocycles. The van der Waals surface area contributed by atoms with Crippen LogP contribution >= 0.6 is 11.6 Å². The molecule has 1 atom stereocenters. The van der Waals surface area contributed by atoms with E-state index in [4.69, 9.17) is 11.6 Å². The SMILES string of the molecule is O=C(O)C1(OS(=O)(=O)C(F)(F)F)CC=C(Cl)c2ccccc21. The number of hydrogen-bond donors (Lipinski definition) is 1. The van der Waals surface area contributed by atoms with Crippen molar-refractivity contribution in [2.45, 2.75) is 17.5 Å². The minimum Gasteiger partial charge on any atom is -0.479 e. The molecule has 1 aromatic rings. The van der Waals surface area contributed by atoms with E-state index in [2.05, 4.69) is 4.18 Å². The minimum atomic E-state index is -6.11. The first kappa shape index (κ1) is 16.8. The number of hydrogen-bond acceptors (Lipinski definition) is 4. The van der Waals surface area contributed by atoms with E-state index in [1.807, 2.05) is 0 Å². The quantitative estimate of drug-likeness (QED) is 0.665. The minimum absolute atomic E-state index is 0.0928. The fourth-order valence-corrected chi connectivity index (χ4v) is 2.99. The molecular weight excluding hydrogens is 349 g/mol. The van der Waals surface area contributed by atoms with Crippen LogP contribution in [0.25, 0.3) is 5.03 Å². The monoisotopic (exact) mass is 356 g/mol. The van der Waals surface area contributed by atoms with Gasteiger partial charge in [-0.25, -0.2) is 8.98 Å². The lowest BCUT2D eigenvalue weighted by Crippen LogP contribution is -2.45. The fourth-order valence-electron chi connectivity index (χ4n) is 2.05. The van der Waals surface area contributed by atoms with Crippen LogP contribution in [0, 0.1) is 0 Å². The number of rotatable bonds is 3. The Bertz CT molecular complexity index is 756. The van der Waals surface area contributed by atoms with Crippen molar-refractivity contribution in [1.29, 1.82) is 0 Å². The summed E-state index contributed by atoms with van der Waals surface area (Å²) >= 11 is 5.88. The van der Waals surface area contributed by atoms with Crippen molar-refractivity contribution in [2.75, 3.05) is 0 Å². The van der Waals surface area contributed by atoms with Crippen LogP contribution in [0.5, 0.6) is 0 Å². The Kier molecular flexibility index (Phi) is 4.01. The van der Waals surface area contributed by atoms with Gasteiger partial charge in [0.25, 0.3) is 0 Å². The Labute approximate surface area is 128 Å². The molecule has 0 aliphatic heterocycles. The highest BCUT2D eigenvalue weighted by atomic mass is 35.5. The highest BCUT2D eigenvalue weighted by molar-refractivity contribution is 7.87. The molecule has 0 saturated carbocycles. The van der Waals surface area contributed by atoms with E-state index in [-0.39, 0.29) is 16.2 Å². The maximum atomic E-state index is 12.5. The summed E-state index contributed by atoms with van der Waals surface area (Å²) in [4.78, 5) is 11.5. The molecular formula is C12H8ClF3O5S. The summed E-state index contributed by atoms with van der Waals surface area (Å²) in [6.07, 6.45) is 0.442. The molecule has 0 saturated heterocycles. The van der Waals surface area contributed by atoms with Crippen LogP contribution in [0.2, 0.25) is 0 Å². The van der Waals surface area contributed by atoms with Crippen molar-refractivity contribution in [3.8, 4) is 0 Å². The molecule has 0 spiro atoms. The molecule has 0 bridgehead atoms. The van der Waals surface area contributed by atoms with Crippen molar-refractivity contribution in [1.82, 2.24) is 0 Å². The second-order valence-corrected chi connectivity index (χ2v) is 6.36. The van der Waals surface area contributed by atoms with E-state index < -0.39 is 33.6 Å². The molecule has 1 aliphatic carbocycles. The Morgan fingerprint density at radius 2 is 1.91 bits per heavy atom. The van der Waals surface area contributed by atoms with Gasteiger partial charge in [-0.15, -0.1) is 0 Å². The predicted molar refractivity (Wildman–Crippen MR) is 70.3 cm³/mol. The highest BCUT2D eigenvalue weighted by Crippen LogP contribution is 2.44. The summed E-state index contributed by atoms with van der Waals surface area (Å²) in [6.45, 7) is 0. The average molecular weight is 357 g/mol. The van der Waals surface area contributed by atoms with Gasteiger partial charge in [-0.3, -0.25) is 0 Å². The number of alkyl halides is 3. The molecule has 5 nitrogen and oxygen atoms in total. The molecule has 0 fully saturated rings. The summed E-state index contributed by atoms with van der Waals surface area (Å²) < 4.78 is 64.2. The standard InChI is InChI=1S/C12H8ClF3O5S/c13-9-5-6-11(10(17)18,8-4-2-1-3-7(8)9)21-22(19,20)12(14,15)16/h1-5H,6H2,(H,17,18). The Morgan fingerprint density at radius 1 is 1.32 bits per heavy atom. The van der Waals surface area contributed by atoms with Crippen molar-refractivity contribution in [3.63, 3.8) is 0 Å². The molecule has 10 heteroatoms. The highest BCUT2D eigenvalue weighted by Gasteiger charge is 2.56. The van der Waals surface area contributed by atoms with Crippen LogP contribution in [0.1, 0.15) is 17.5 Å². The van der Waals surface area contributed by atoms with Crippen LogP contribution in [-0.2, 0) is 24.7 Å². The topological polar surface area (TPSA) is 80.7 Å². The molecule has 22 heavy (non-hydrogen) atoms. The fraction of sp³-hybridized carbons (Fsp3) is 0.250. The van der Waals surface area contributed by atoms with Crippen LogP contribution in [0.3, 0.4) is 0 Å². The molecule has 0 amide bonds. The van der Waals surface area contributed by atoms with Crippen molar-refractivity contribution in [3.05, 3.63) is 41.5 Å². The summed E-state index contributed by atoms with van der Waals surface area (Å²) in [5.74, 6) is -1.87. The summed E-state index contributed by atoms with van der Waals surface area (Å²) in [7, 11) is -6.11. The molecule has 1 unspecified atom stereocenters. The van der Waals surface area contributed by atoms with E-state index >= 15 is 0 Å². The molecule has 120 valence electrons. The van der Waals surface area contributed by atoms with E-state index in [1.165, 1.54) is 18.2 Å². The largest absolute Gasteiger partial charge is 0.523 e. The van der Waals surface area contributed by atoms with Crippen LogP contribution in [-0.4, -0.2) is 25.0 Å². The zero-order valence-corrected chi connectivity index (χ0v) is 12.2. The lowest BCUT2D eigenvalue weighted by Gasteiger charge is -2.32. The van der Waals surface area contributed by atoms with Crippen LogP contribution < -0.4 is 0 Å². The molecule has 1 aliphatic rings. The second-order valence-electron chi connectivity index (χ2n) is 4.42. The van der Waals surface area contributed by atoms with Gasteiger partial charge in [0.05, 0.1) is 0 Å². The smallest absolute Gasteiger partial charge is 0.479 e. The normalized spacial score (nSPS) is 21.9. The average Bonchev–Trinajstić information content (AvgIpc) is 2.41. The van der Waals surface area contributed by atoms with E-state index in [0.29, 0.717) is 0 Å². The summed E-state index contributed by atoms with van der Waals surface area (Å²) in [5.41, 5.74) is -8.63. The Morgan fingerprint density at radius 3 is 2.45 bits per heavy atom. The first-order valence-electron chi connectivity index (χ1n) is 5.72. The van der Waals surface area contributed by atoms with Gasteiger partial charge in [0.15, 0.2) is 0 Å². The molecule has 1 N–H and O–H groups in total. The number of carboxylic acids is 1. The third kappa shape index (κ3) is 2.59. The van der Waals surface area contributed by atoms with Crippen LogP contribution in [0.4, 0.5) is 13.2 Å². The maximum absolute atomic E-state index is 12.5. The third-order valence-corrected chi connectivity index (χ3v) is 4.50. The van der Waals surface area contributed by atoms with Crippen molar-refractivity contribution < 1.29 is 35.7 Å². The third-order valence-electron chi connectivity index (χ3n) is 3.07. The molecule has 0 heterocycles.